The minimum Gasteiger partial charge on any atom is -0.399 e. The van der Waals surface area contributed by atoms with Gasteiger partial charge in [0.05, 0.1) is 12.2 Å². The summed E-state index contributed by atoms with van der Waals surface area (Å²) in [5.74, 6) is 0. The van der Waals surface area contributed by atoms with Crippen LogP contribution in [-0.4, -0.2) is 47.5 Å². The third-order valence-electron chi connectivity index (χ3n) is 6.59. The Morgan fingerprint density at radius 3 is 2.49 bits per heavy atom. The molecule has 0 atom stereocenters. The van der Waals surface area contributed by atoms with Gasteiger partial charge in [-0.15, -0.1) is 0 Å². The molecule has 0 spiro atoms. The molecule has 2 aliphatic rings. The molecule has 8 heteroatoms. The molecule has 3 N–H and O–H groups in total. The number of fused-ring (bicyclic) bond motifs is 2. The summed E-state index contributed by atoms with van der Waals surface area (Å²) in [6.45, 7) is -1.59. The summed E-state index contributed by atoms with van der Waals surface area (Å²) in [4.78, 5) is 1.95. The number of hydrogen-bond donors (Lipinski definition) is 2. The Morgan fingerprint density at radius 2 is 1.80 bits per heavy atom. The van der Waals surface area contributed by atoms with Gasteiger partial charge in [0.25, 0.3) is 0 Å². The molecular weight excluding hydrogens is 445 g/mol. The number of aromatic nitrogens is 1. The second-order valence-electron chi connectivity index (χ2n) is 8.93. The number of likely N-dealkylation sites (N-methyl/N-ethyl adjacent to an activating group) is 1. The first-order chi connectivity index (χ1) is 16.8. The maximum atomic E-state index is 15.9. The molecule has 0 aliphatic carbocycles. The highest BCUT2D eigenvalue weighted by molar-refractivity contribution is 6.58. The molecule has 2 aromatic carbocycles. The first-order valence-electron chi connectivity index (χ1n) is 11.6. The van der Waals surface area contributed by atoms with E-state index in [2.05, 4.69) is 0 Å². The van der Waals surface area contributed by atoms with Crippen molar-refractivity contribution in [1.29, 1.82) is 0 Å². The maximum Gasteiger partial charge on any atom is 0.737 e. The molecule has 178 valence electrons. The lowest BCUT2D eigenvalue weighted by molar-refractivity contribution is -0.356. The Hall–Kier alpha value is -3.91. The van der Waals surface area contributed by atoms with E-state index in [4.69, 9.17) is 10.8 Å². The van der Waals surface area contributed by atoms with Crippen LogP contribution in [0.25, 0.3) is 17.7 Å². The van der Waals surface area contributed by atoms with Crippen LogP contribution in [-0.2, 0) is 0 Å². The quantitative estimate of drug-likeness (QED) is 0.407. The fourth-order valence-electron chi connectivity index (χ4n) is 4.82. The standard InChI is InChI=1S/C27H27BF2N4O/c1-19-18-24(14-7-20-5-12-23(13-6-20)32(2)16-17-35)34-27(19)26(21-8-10-22(31)11-9-21)25-4-3-15-33(25)28(34,29)30/h3-15,18,35H,16-17,31H2,1-2H3/b14-7+. The van der Waals surface area contributed by atoms with Crippen molar-refractivity contribution in [1.82, 2.24) is 4.48 Å². The third-order valence-corrected chi connectivity index (χ3v) is 6.59. The second-order valence-corrected chi connectivity index (χ2v) is 8.93. The van der Waals surface area contributed by atoms with Crippen molar-refractivity contribution < 1.29 is 18.2 Å². The summed E-state index contributed by atoms with van der Waals surface area (Å²) in [6, 6.07) is 16.9. The molecule has 1 aromatic heterocycles. The fraction of sp³-hybridized carbons (Fsp3) is 0.148. The Morgan fingerprint density at radius 1 is 1.09 bits per heavy atom. The Kier molecular flexibility index (Phi) is 5.69. The zero-order valence-corrected chi connectivity index (χ0v) is 19.7. The lowest BCUT2D eigenvalue weighted by Crippen LogP contribution is -2.50. The number of aryl methyl sites for hydroxylation is 1. The Bertz CT molecular complexity index is 1400. The minimum atomic E-state index is -4.07. The highest BCUT2D eigenvalue weighted by Gasteiger charge is 2.53. The van der Waals surface area contributed by atoms with E-state index >= 15 is 8.63 Å². The van der Waals surface area contributed by atoms with Gasteiger partial charge in [-0.2, -0.15) is 0 Å². The number of nitrogens with zero attached hydrogens (tertiary/aromatic N) is 3. The SMILES string of the molecule is Cc1cc(/C=C/c2ccc(N(C)CCO)cc2)n2c1C(c1ccc(N)cc1)=C1C=CC=[N+]1[B-]2(F)F. The van der Waals surface area contributed by atoms with Crippen LogP contribution in [0.15, 0.2) is 72.4 Å². The van der Waals surface area contributed by atoms with Crippen LogP contribution in [0, 0.1) is 6.92 Å². The van der Waals surface area contributed by atoms with Gasteiger partial charge in [0.1, 0.15) is 6.21 Å². The van der Waals surface area contributed by atoms with E-state index in [-0.39, 0.29) is 6.61 Å². The van der Waals surface area contributed by atoms with E-state index in [0.29, 0.717) is 29.3 Å². The Labute approximate surface area is 203 Å². The molecule has 35 heavy (non-hydrogen) atoms. The molecule has 0 unspecified atom stereocenters. The van der Waals surface area contributed by atoms with Gasteiger partial charge < -0.3 is 33.3 Å². The van der Waals surface area contributed by atoms with Crippen molar-refractivity contribution in [3.8, 4) is 0 Å². The van der Waals surface area contributed by atoms with Crippen LogP contribution in [0.5, 0.6) is 0 Å². The van der Waals surface area contributed by atoms with Gasteiger partial charge in [0, 0.05) is 48.5 Å². The fourth-order valence-corrected chi connectivity index (χ4v) is 4.82. The highest BCUT2D eigenvalue weighted by atomic mass is 19.2. The summed E-state index contributed by atoms with van der Waals surface area (Å²) < 4.78 is 34.0. The number of hydrogen-bond acceptors (Lipinski definition) is 3. The molecule has 3 aromatic rings. The summed E-state index contributed by atoms with van der Waals surface area (Å²) in [6.07, 6.45) is 8.43. The zero-order chi connectivity index (χ0) is 24.7. The first kappa shape index (κ1) is 22.9. The van der Waals surface area contributed by atoms with Crippen LogP contribution >= 0.6 is 0 Å². The monoisotopic (exact) mass is 472 g/mol. The van der Waals surface area contributed by atoms with Gasteiger partial charge in [-0.05, 0) is 60.0 Å². The van der Waals surface area contributed by atoms with Crippen LogP contribution in [0.1, 0.15) is 28.1 Å². The first-order valence-corrected chi connectivity index (χ1v) is 11.6. The van der Waals surface area contributed by atoms with Crippen molar-refractivity contribution in [2.75, 3.05) is 30.8 Å². The number of aliphatic hydroxyl groups is 1. The van der Waals surface area contributed by atoms with Crippen molar-refractivity contribution in [3.05, 3.63) is 101 Å². The van der Waals surface area contributed by atoms with Crippen LogP contribution in [0.2, 0.25) is 0 Å². The van der Waals surface area contributed by atoms with E-state index < -0.39 is 6.97 Å². The number of halogens is 2. The molecule has 5 nitrogen and oxygen atoms in total. The molecule has 0 radical (unpaired) electrons. The number of anilines is 2. The topological polar surface area (TPSA) is 57.4 Å². The predicted molar refractivity (Wildman–Crippen MR) is 141 cm³/mol. The van der Waals surface area contributed by atoms with Crippen molar-refractivity contribution >= 4 is 42.3 Å². The molecule has 5 rings (SSSR count). The van der Waals surface area contributed by atoms with E-state index in [1.165, 1.54) is 10.7 Å². The molecule has 0 saturated heterocycles. The molecular formula is C27H27BF2N4O. The van der Waals surface area contributed by atoms with Crippen LogP contribution in [0.4, 0.5) is 20.0 Å². The summed E-state index contributed by atoms with van der Waals surface area (Å²) in [5, 5.41) is 9.13. The predicted octanol–water partition coefficient (Wildman–Crippen LogP) is 4.63. The van der Waals surface area contributed by atoms with Crippen LogP contribution in [0.3, 0.4) is 0 Å². The maximum absolute atomic E-state index is 15.9. The molecule has 3 heterocycles. The average Bonchev–Trinajstić information content (AvgIpc) is 3.46. The van der Waals surface area contributed by atoms with Crippen molar-refractivity contribution in [2.24, 2.45) is 0 Å². The summed E-state index contributed by atoms with van der Waals surface area (Å²) in [5.41, 5.74) is 12.2. The molecule has 0 amide bonds. The summed E-state index contributed by atoms with van der Waals surface area (Å²) in [7, 11) is 1.91. The highest BCUT2D eigenvalue weighted by Crippen LogP contribution is 2.42. The van der Waals surface area contributed by atoms with Crippen LogP contribution < -0.4 is 10.6 Å². The summed E-state index contributed by atoms with van der Waals surface area (Å²) >= 11 is 0. The van der Waals surface area contributed by atoms with E-state index in [1.54, 1.807) is 30.4 Å². The van der Waals surface area contributed by atoms with E-state index in [9.17, 15) is 0 Å². The third kappa shape index (κ3) is 3.89. The van der Waals surface area contributed by atoms with Gasteiger partial charge >= 0.3 is 6.97 Å². The number of nitrogen functional groups attached to an aromatic ring is 1. The normalized spacial score (nSPS) is 16.0. The lowest BCUT2D eigenvalue weighted by Gasteiger charge is -2.32. The lowest BCUT2D eigenvalue weighted by atomic mass is 9.85. The van der Waals surface area contributed by atoms with Gasteiger partial charge in [-0.1, -0.05) is 30.3 Å². The largest absolute Gasteiger partial charge is 0.737 e. The number of allylic oxidation sites excluding steroid dienone is 2. The number of aliphatic hydroxyl groups excluding tert-OH is 1. The molecule has 0 bridgehead atoms. The minimum absolute atomic E-state index is 0.0747. The Balaban J connectivity index is 1.58. The van der Waals surface area contributed by atoms with Gasteiger partial charge in [0.15, 0.2) is 5.70 Å². The second kappa shape index (κ2) is 8.71. The number of rotatable bonds is 6. The van der Waals surface area contributed by atoms with Gasteiger partial charge in [0.2, 0.25) is 0 Å². The molecule has 0 saturated carbocycles. The van der Waals surface area contributed by atoms with Gasteiger partial charge in [-0.3, -0.25) is 0 Å². The zero-order valence-electron chi connectivity index (χ0n) is 19.7. The van der Waals surface area contributed by atoms with Crippen molar-refractivity contribution in [3.63, 3.8) is 0 Å². The smallest absolute Gasteiger partial charge is 0.399 e. The number of nitrogens with two attached hydrogens (primary N) is 1. The van der Waals surface area contributed by atoms with E-state index in [0.717, 1.165) is 32.4 Å². The van der Waals surface area contributed by atoms with Crippen molar-refractivity contribution in [2.45, 2.75) is 6.92 Å². The average molecular weight is 472 g/mol. The number of benzene rings is 2. The van der Waals surface area contributed by atoms with Gasteiger partial charge in [-0.25, -0.2) is 0 Å². The van der Waals surface area contributed by atoms with E-state index in [1.807, 2.05) is 67.4 Å². The molecule has 2 aliphatic heterocycles. The molecule has 0 fully saturated rings.